The van der Waals surface area contributed by atoms with Crippen molar-refractivity contribution in [2.45, 2.75) is 32.2 Å². The Morgan fingerprint density at radius 3 is 2.18 bits per heavy atom. The Hall–Kier alpha value is -3.65. The number of nitrogens with zero attached hydrogens (tertiary/aromatic N) is 1. The number of rotatable bonds is 8. The monoisotopic (exact) mass is 465 g/mol. The minimum Gasteiger partial charge on any atom is -0.339 e. The van der Waals surface area contributed by atoms with E-state index in [1.807, 2.05) is 44.2 Å². The number of hydrogen-bond donors (Lipinski definition) is 2. The second-order valence-corrected chi connectivity index (χ2v) is 9.37. The summed E-state index contributed by atoms with van der Waals surface area (Å²) in [5.41, 5.74) is 3.31. The van der Waals surface area contributed by atoms with Crippen molar-refractivity contribution in [2.24, 2.45) is 0 Å². The number of carbonyl (C=O) groups excluding carboxylic acids is 2. The van der Waals surface area contributed by atoms with Gasteiger partial charge in [-0.3, -0.25) is 14.3 Å². The van der Waals surface area contributed by atoms with Crippen LogP contribution in [0.15, 0.2) is 77.7 Å². The summed E-state index contributed by atoms with van der Waals surface area (Å²) in [4.78, 5) is 26.1. The summed E-state index contributed by atoms with van der Waals surface area (Å²) < 4.78 is 27.8. The van der Waals surface area contributed by atoms with E-state index >= 15 is 0 Å². The molecule has 0 aliphatic heterocycles. The Balaban J connectivity index is 1.68. The van der Waals surface area contributed by atoms with Gasteiger partial charge in [-0.2, -0.15) is 0 Å². The molecular formula is C25H27N3O4S. The number of aryl methyl sites for hydroxylation is 1. The standard InChI is InChI=1S/C25H27N3O4S/c1-4-28(19(3)29)17-20-6-5-7-23(16-20)26-25(30)21-10-14-24(15-11-21)33(31,32)27-22-12-8-18(2)9-13-22/h5-16,27H,4,17H2,1-3H3,(H,26,30). The zero-order valence-electron chi connectivity index (χ0n) is 18.8. The van der Waals surface area contributed by atoms with Gasteiger partial charge in [-0.25, -0.2) is 8.42 Å². The van der Waals surface area contributed by atoms with Gasteiger partial charge in [0.25, 0.3) is 15.9 Å². The molecule has 0 fully saturated rings. The molecule has 0 spiro atoms. The van der Waals surface area contributed by atoms with Crippen LogP contribution in [0.3, 0.4) is 0 Å². The molecule has 2 amide bonds. The summed E-state index contributed by atoms with van der Waals surface area (Å²) in [7, 11) is -3.77. The second kappa shape index (κ2) is 10.3. The van der Waals surface area contributed by atoms with E-state index < -0.39 is 10.0 Å². The third kappa shape index (κ3) is 6.43. The highest BCUT2D eigenvalue weighted by atomic mass is 32.2. The minimum absolute atomic E-state index is 0.0150. The maximum absolute atomic E-state index is 12.7. The first-order chi connectivity index (χ1) is 15.7. The first-order valence-electron chi connectivity index (χ1n) is 10.5. The molecule has 7 nitrogen and oxygen atoms in total. The van der Waals surface area contributed by atoms with Crippen molar-refractivity contribution in [3.05, 3.63) is 89.5 Å². The Morgan fingerprint density at radius 2 is 1.58 bits per heavy atom. The molecule has 0 saturated carbocycles. The Morgan fingerprint density at radius 1 is 0.909 bits per heavy atom. The molecule has 0 atom stereocenters. The number of anilines is 2. The van der Waals surface area contributed by atoms with Gasteiger partial charge in [0.15, 0.2) is 0 Å². The zero-order valence-corrected chi connectivity index (χ0v) is 19.6. The fourth-order valence-electron chi connectivity index (χ4n) is 3.24. The van der Waals surface area contributed by atoms with Gasteiger partial charge >= 0.3 is 0 Å². The fraction of sp³-hybridized carbons (Fsp3) is 0.200. The summed E-state index contributed by atoms with van der Waals surface area (Å²) in [6.07, 6.45) is 0. The zero-order chi connectivity index (χ0) is 24.0. The molecule has 0 aliphatic carbocycles. The van der Waals surface area contributed by atoms with E-state index in [9.17, 15) is 18.0 Å². The first kappa shape index (κ1) is 24.0. The van der Waals surface area contributed by atoms with Crippen molar-refractivity contribution < 1.29 is 18.0 Å². The van der Waals surface area contributed by atoms with Gasteiger partial charge in [0.2, 0.25) is 5.91 Å². The van der Waals surface area contributed by atoms with Crippen LogP contribution in [0.2, 0.25) is 0 Å². The lowest BCUT2D eigenvalue weighted by molar-refractivity contribution is -0.129. The quantitative estimate of drug-likeness (QED) is 0.515. The lowest BCUT2D eigenvalue weighted by Crippen LogP contribution is -2.27. The molecule has 172 valence electrons. The highest BCUT2D eigenvalue weighted by Crippen LogP contribution is 2.19. The van der Waals surface area contributed by atoms with Crippen LogP contribution in [0.1, 0.15) is 35.3 Å². The van der Waals surface area contributed by atoms with Crippen LogP contribution in [-0.2, 0) is 21.4 Å². The maximum atomic E-state index is 12.7. The number of benzene rings is 3. The molecular weight excluding hydrogens is 438 g/mol. The van der Waals surface area contributed by atoms with Gasteiger partial charge in [-0.05, 0) is 67.9 Å². The smallest absolute Gasteiger partial charge is 0.261 e. The van der Waals surface area contributed by atoms with Gasteiger partial charge < -0.3 is 10.2 Å². The molecule has 0 radical (unpaired) electrons. The maximum Gasteiger partial charge on any atom is 0.261 e. The average Bonchev–Trinajstić information content (AvgIpc) is 2.79. The van der Waals surface area contributed by atoms with E-state index in [2.05, 4.69) is 10.0 Å². The molecule has 0 aromatic heterocycles. The molecule has 0 saturated heterocycles. The number of nitrogens with one attached hydrogen (secondary N) is 2. The Bertz CT molecular complexity index is 1240. The predicted molar refractivity (Wildman–Crippen MR) is 130 cm³/mol. The summed E-state index contributed by atoms with van der Waals surface area (Å²) in [6.45, 7) is 6.41. The molecule has 0 aliphatic rings. The molecule has 3 rings (SSSR count). The van der Waals surface area contributed by atoms with E-state index in [-0.39, 0.29) is 16.7 Å². The Kier molecular flexibility index (Phi) is 7.50. The Labute approximate surface area is 194 Å². The molecule has 2 N–H and O–H groups in total. The summed E-state index contributed by atoms with van der Waals surface area (Å²) >= 11 is 0. The summed E-state index contributed by atoms with van der Waals surface area (Å²) in [6, 6.07) is 20.0. The number of carbonyl (C=O) groups is 2. The normalized spacial score (nSPS) is 11.0. The lowest BCUT2D eigenvalue weighted by atomic mass is 10.1. The first-order valence-corrected chi connectivity index (χ1v) is 12.0. The minimum atomic E-state index is -3.77. The number of amides is 2. The lowest BCUT2D eigenvalue weighted by Gasteiger charge is -2.19. The van der Waals surface area contributed by atoms with Crippen LogP contribution in [0.25, 0.3) is 0 Å². The van der Waals surface area contributed by atoms with Crippen molar-refractivity contribution in [3.63, 3.8) is 0 Å². The highest BCUT2D eigenvalue weighted by molar-refractivity contribution is 7.92. The van der Waals surface area contributed by atoms with Crippen molar-refractivity contribution >= 4 is 33.2 Å². The topological polar surface area (TPSA) is 95.6 Å². The van der Waals surface area contributed by atoms with Crippen molar-refractivity contribution in [1.82, 2.24) is 4.90 Å². The molecule has 33 heavy (non-hydrogen) atoms. The number of hydrogen-bond acceptors (Lipinski definition) is 4. The number of sulfonamides is 1. The van der Waals surface area contributed by atoms with Crippen LogP contribution < -0.4 is 10.0 Å². The third-order valence-electron chi connectivity index (χ3n) is 5.12. The largest absolute Gasteiger partial charge is 0.339 e. The highest BCUT2D eigenvalue weighted by Gasteiger charge is 2.16. The average molecular weight is 466 g/mol. The molecule has 3 aromatic carbocycles. The van der Waals surface area contributed by atoms with E-state index in [1.165, 1.54) is 31.2 Å². The third-order valence-corrected chi connectivity index (χ3v) is 6.51. The van der Waals surface area contributed by atoms with Crippen LogP contribution >= 0.6 is 0 Å². The predicted octanol–water partition coefficient (Wildman–Crippen LogP) is 4.42. The summed E-state index contributed by atoms with van der Waals surface area (Å²) in [5, 5.41) is 2.81. The van der Waals surface area contributed by atoms with Crippen LogP contribution in [0.5, 0.6) is 0 Å². The van der Waals surface area contributed by atoms with Gasteiger partial charge in [0.05, 0.1) is 4.90 Å². The molecule has 0 bridgehead atoms. The van der Waals surface area contributed by atoms with Gasteiger partial charge in [-0.15, -0.1) is 0 Å². The second-order valence-electron chi connectivity index (χ2n) is 7.68. The van der Waals surface area contributed by atoms with E-state index in [0.717, 1.165) is 11.1 Å². The van der Waals surface area contributed by atoms with Crippen LogP contribution in [-0.4, -0.2) is 31.7 Å². The van der Waals surface area contributed by atoms with Crippen LogP contribution in [0.4, 0.5) is 11.4 Å². The molecule has 8 heteroatoms. The van der Waals surface area contributed by atoms with Crippen molar-refractivity contribution in [1.29, 1.82) is 0 Å². The van der Waals surface area contributed by atoms with Crippen molar-refractivity contribution in [3.8, 4) is 0 Å². The molecule has 0 unspecified atom stereocenters. The van der Waals surface area contributed by atoms with Gasteiger partial charge in [-0.1, -0.05) is 29.8 Å². The van der Waals surface area contributed by atoms with E-state index in [0.29, 0.717) is 30.0 Å². The van der Waals surface area contributed by atoms with E-state index in [1.54, 1.807) is 23.1 Å². The van der Waals surface area contributed by atoms with Gasteiger partial charge in [0.1, 0.15) is 0 Å². The van der Waals surface area contributed by atoms with Gasteiger partial charge in [0, 0.05) is 37.0 Å². The van der Waals surface area contributed by atoms with Crippen LogP contribution in [0, 0.1) is 6.92 Å². The van der Waals surface area contributed by atoms with E-state index in [4.69, 9.17) is 0 Å². The van der Waals surface area contributed by atoms with Crippen molar-refractivity contribution in [2.75, 3.05) is 16.6 Å². The fourth-order valence-corrected chi connectivity index (χ4v) is 4.30. The SMILES string of the molecule is CCN(Cc1cccc(NC(=O)c2ccc(S(=O)(=O)Nc3ccc(C)cc3)cc2)c1)C(C)=O. The molecule has 3 aromatic rings. The molecule has 0 heterocycles. The summed E-state index contributed by atoms with van der Waals surface area (Å²) in [5.74, 6) is -0.375.